The number of ether oxygens (including phenoxy) is 1. The summed E-state index contributed by atoms with van der Waals surface area (Å²) < 4.78 is 21.8. The van der Waals surface area contributed by atoms with Crippen molar-refractivity contribution in [3.8, 4) is 28.1 Å². The van der Waals surface area contributed by atoms with E-state index in [-0.39, 0.29) is 36.2 Å². The van der Waals surface area contributed by atoms with Crippen LogP contribution in [-0.2, 0) is 27.3 Å². The SMILES string of the molecule is CC(C)c1c(CC(=O)Nc2cccc(O)c2)c(-c2ccccc2)c(-c2ccc(F)cc2)n1CC[C@@H]1C[C@@H](O)CC(=O)O1. The Morgan fingerprint density at radius 1 is 1.05 bits per heavy atom. The van der Waals surface area contributed by atoms with Crippen LogP contribution in [0.3, 0.4) is 0 Å². The summed E-state index contributed by atoms with van der Waals surface area (Å²) in [7, 11) is 0. The number of phenols is 1. The van der Waals surface area contributed by atoms with Gasteiger partial charge in [0.15, 0.2) is 0 Å². The largest absolute Gasteiger partial charge is 0.508 e. The number of amides is 1. The van der Waals surface area contributed by atoms with E-state index in [0.717, 1.165) is 33.6 Å². The molecule has 5 rings (SSSR count). The van der Waals surface area contributed by atoms with Crippen molar-refractivity contribution in [3.05, 3.63) is 95.9 Å². The number of esters is 1. The minimum Gasteiger partial charge on any atom is -0.508 e. The lowest BCUT2D eigenvalue weighted by Crippen LogP contribution is -2.33. The summed E-state index contributed by atoms with van der Waals surface area (Å²) in [6, 6.07) is 22.5. The molecule has 42 heavy (non-hydrogen) atoms. The third kappa shape index (κ3) is 6.55. The second-order valence-electron chi connectivity index (χ2n) is 11.0. The lowest BCUT2D eigenvalue weighted by atomic mass is 9.93. The van der Waals surface area contributed by atoms with Crippen molar-refractivity contribution in [3.63, 3.8) is 0 Å². The molecule has 3 N–H and O–H groups in total. The lowest BCUT2D eigenvalue weighted by molar-refractivity contribution is -0.160. The van der Waals surface area contributed by atoms with Crippen molar-refractivity contribution >= 4 is 17.6 Å². The van der Waals surface area contributed by atoms with E-state index in [1.54, 1.807) is 24.3 Å². The van der Waals surface area contributed by atoms with Crippen LogP contribution in [0.5, 0.6) is 5.75 Å². The van der Waals surface area contributed by atoms with E-state index < -0.39 is 18.2 Å². The Morgan fingerprint density at radius 3 is 2.45 bits per heavy atom. The number of hydrogen-bond donors (Lipinski definition) is 3. The number of carbonyl (C=O) groups is 2. The van der Waals surface area contributed by atoms with E-state index in [9.17, 15) is 24.2 Å². The van der Waals surface area contributed by atoms with E-state index in [2.05, 4.69) is 23.7 Å². The van der Waals surface area contributed by atoms with Gasteiger partial charge in [-0.05, 0) is 59.0 Å². The van der Waals surface area contributed by atoms with Gasteiger partial charge in [0, 0.05) is 42.4 Å². The molecule has 0 bridgehead atoms. The zero-order valence-electron chi connectivity index (χ0n) is 23.7. The minimum atomic E-state index is -0.737. The molecule has 2 atom stereocenters. The first-order valence-corrected chi connectivity index (χ1v) is 14.2. The zero-order chi connectivity index (χ0) is 29.8. The fourth-order valence-corrected chi connectivity index (χ4v) is 5.84. The summed E-state index contributed by atoms with van der Waals surface area (Å²) in [6.07, 6.45) is -0.295. The van der Waals surface area contributed by atoms with Crippen LogP contribution < -0.4 is 5.32 Å². The molecule has 1 aromatic heterocycles. The third-order valence-corrected chi connectivity index (χ3v) is 7.51. The Labute approximate surface area is 244 Å². The van der Waals surface area contributed by atoms with E-state index in [1.165, 1.54) is 24.3 Å². The first-order valence-electron chi connectivity index (χ1n) is 14.2. The number of halogens is 1. The number of cyclic esters (lactones) is 1. The Kier molecular flexibility index (Phi) is 8.73. The summed E-state index contributed by atoms with van der Waals surface area (Å²) in [5.74, 6) is -0.949. The summed E-state index contributed by atoms with van der Waals surface area (Å²) in [4.78, 5) is 25.5. The minimum absolute atomic E-state index is 0.00438. The first-order chi connectivity index (χ1) is 20.2. The molecule has 2 heterocycles. The molecule has 4 aromatic rings. The van der Waals surface area contributed by atoms with E-state index in [1.807, 2.05) is 30.3 Å². The highest BCUT2D eigenvalue weighted by Gasteiger charge is 2.31. The highest BCUT2D eigenvalue weighted by Crippen LogP contribution is 2.43. The molecule has 0 aliphatic carbocycles. The van der Waals surface area contributed by atoms with Gasteiger partial charge in [-0.2, -0.15) is 0 Å². The number of aliphatic hydroxyl groups excluding tert-OH is 1. The first kappa shape index (κ1) is 29.1. The van der Waals surface area contributed by atoms with Crippen molar-refractivity contribution in [1.82, 2.24) is 4.57 Å². The van der Waals surface area contributed by atoms with E-state index in [4.69, 9.17) is 4.74 Å². The number of aromatic hydroxyl groups is 1. The number of hydrogen-bond acceptors (Lipinski definition) is 5. The van der Waals surface area contributed by atoms with Gasteiger partial charge in [0.2, 0.25) is 5.91 Å². The molecule has 1 amide bonds. The summed E-state index contributed by atoms with van der Waals surface area (Å²) in [6.45, 7) is 4.59. The third-order valence-electron chi connectivity index (χ3n) is 7.51. The van der Waals surface area contributed by atoms with E-state index >= 15 is 0 Å². The fourth-order valence-electron chi connectivity index (χ4n) is 5.84. The van der Waals surface area contributed by atoms with Crippen LogP contribution in [0.25, 0.3) is 22.4 Å². The molecule has 8 heteroatoms. The Balaban J connectivity index is 1.65. The second-order valence-corrected chi connectivity index (χ2v) is 11.0. The van der Waals surface area contributed by atoms with Crippen LogP contribution in [0.4, 0.5) is 10.1 Å². The zero-order valence-corrected chi connectivity index (χ0v) is 23.7. The van der Waals surface area contributed by atoms with Crippen molar-refractivity contribution in [2.24, 2.45) is 0 Å². The monoisotopic (exact) mass is 570 g/mol. The number of nitrogens with zero attached hydrogens (tertiary/aromatic N) is 1. The average Bonchev–Trinajstić information content (AvgIpc) is 3.26. The molecule has 1 fully saturated rings. The molecule has 1 saturated heterocycles. The van der Waals surface area contributed by atoms with Crippen LogP contribution in [0, 0.1) is 5.82 Å². The fraction of sp³-hybridized carbons (Fsp3) is 0.294. The number of nitrogens with one attached hydrogen (secondary N) is 1. The average molecular weight is 571 g/mol. The maximum absolute atomic E-state index is 14.1. The van der Waals surface area contributed by atoms with Gasteiger partial charge in [-0.3, -0.25) is 9.59 Å². The molecular formula is C34H35FN2O5. The van der Waals surface area contributed by atoms with Gasteiger partial charge in [-0.25, -0.2) is 4.39 Å². The van der Waals surface area contributed by atoms with Crippen molar-refractivity contribution < 1.29 is 28.9 Å². The normalized spacial score (nSPS) is 16.8. The standard InChI is InChI=1S/C34H35FN2O5/c1-21(2)33-29(20-30(40)36-25-9-6-10-26(38)17-25)32(22-7-4-3-5-8-22)34(23-11-13-24(35)14-12-23)37(33)16-15-28-18-27(39)19-31(41)42-28/h3-14,17,21,27-28,38-39H,15-16,18-20H2,1-2H3,(H,36,40)/t27-,28-/m1/s1. The smallest absolute Gasteiger partial charge is 0.308 e. The molecule has 218 valence electrons. The van der Waals surface area contributed by atoms with Crippen molar-refractivity contribution in [1.29, 1.82) is 0 Å². The van der Waals surface area contributed by atoms with Crippen LogP contribution in [0.1, 0.15) is 50.3 Å². The van der Waals surface area contributed by atoms with Gasteiger partial charge < -0.3 is 24.8 Å². The molecule has 0 radical (unpaired) electrons. The molecule has 1 aliphatic rings. The quantitative estimate of drug-likeness (QED) is 0.202. The second kappa shape index (κ2) is 12.6. The molecule has 7 nitrogen and oxygen atoms in total. The molecule has 3 aromatic carbocycles. The van der Waals surface area contributed by atoms with Gasteiger partial charge in [0.1, 0.15) is 17.7 Å². The summed E-state index contributed by atoms with van der Waals surface area (Å²) in [5.41, 5.74) is 5.69. The lowest BCUT2D eigenvalue weighted by Gasteiger charge is -2.27. The molecular weight excluding hydrogens is 535 g/mol. The number of carbonyl (C=O) groups excluding carboxylic acids is 2. The number of anilines is 1. The van der Waals surface area contributed by atoms with Gasteiger partial charge in [0.25, 0.3) is 0 Å². The van der Waals surface area contributed by atoms with Crippen LogP contribution in [0.15, 0.2) is 78.9 Å². The highest BCUT2D eigenvalue weighted by atomic mass is 19.1. The van der Waals surface area contributed by atoms with Crippen LogP contribution >= 0.6 is 0 Å². The van der Waals surface area contributed by atoms with Gasteiger partial charge in [-0.15, -0.1) is 0 Å². The van der Waals surface area contributed by atoms with Crippen LogP contribution in [0.2, 0.25) is 0 Å². The molecule has 0 saturated carbocycles. The Bertz CT molecular complexity index is 1560. The van der Waals surface area contributed by atoms with Gasteiger partial charge in [-0.1, -0.05) is 50.2 Å². The van der Waals surface area contributed by atoms with E-state index in [0.29, 0.717) is 25.1 Å². The number of aliphatic hydroxyl groups is 1. The number of phenolic OH excluding ortho intramolecular Hbond substituents is 1. The van der Waals surface area contributed by atoms with Gasteiger partial charge >= 0.3 is 5.97 Å². The number of rotatable bonds is 9. The van der Waals surface area contributed by atoms with Crippen LogP contribution in [-0.4, -0.2) is 38.9 Å². The molecule has 1 aliphatic heterocycles. The number of benzene rings is 3. The maximum atomic E-state index is 14.1. The maximum Gasteiger partial charge on any atom is 0.308 e. The highest BCUT2D eigenvalue weighted by molar-refractivity contribution is 5.96. The molecule has 0 unspecified atom stereocenters. The predicted octanol–water partition coefficient (Wildman–Crippen LogP) is 6.43. The van der Waals surface area contributed by atoms with Crippen molar-refractivity contribution in [2.75, 3.05) is 5.32 Å². The number of aromatic nitrogens is 1. The summed E-state index contributed by atoms with van der Waals surface area (Å²) >= 11 is 0. The summed E-state index contributed by atoms with van der Waals surface area (Å²) in [5, 5.41) is 23.0. The van der Waals surface area contributed by atoms with Crippen molar-refractivity contribution in [2.45, 2.75) is 64.2 Å². The predicted molar refractivity (Wildman–Crippen MR) is 160 cm³/mol. The Hall–Kier alpha value is -4.43. The topological polar surface area (TPSA) is 101 Å². The molecule has 0 spiro atoms. The Morgan fingerprint density at radius 2 is 1.79 bits per heavy atom. The van der Waals surface area contributed by atoms with Gasteiger partial charge in [0.05, 0.1) is 24.6 Å².